The van der Waals surface area contributed by atoms with Crippen molar-refractivity contribution in [3.8, 4) is 0 Å². The fourth-order valence-electron chi connectivity index (χ4n) is 3.41. The number of rotatable bonds is 7. The Kier molecular flexibility index (Phi) is 6.18. The van der Waals surface area contributed by atoms with Crippen LogP contribution in [0, 0.1) is 5.82 Å². The van der Waals surface area contributed by atoms with Crippen molar-refractivity contribution in [1.82, 2.24) is 19.1 Å². The van der Waals surface area contributed by atoms with Crippen molar-refractivity contribution in [2.24, 2.45) is 12.1 Å². The standard InChI is InChI=1S/C22H20ClFN6O2/c1-29-19-18(20(31)27-22(29)32)30(12-6-9-14-7-3-2-4-8-14)21(26-19)28-25-13-15-16(23)10-5-11-17(15)24/h2-5,7-8,10-11,13H,6,9,12H2,1H3,(H,26,28)(H,27,31,32)/b25-13+. The van der Waals surface area contributed by atoms with Gasteiger partial charge in [0.05, 0.1) is 11.2 Å². The molecule has 0 atom stereocenters. The van der Waals surface area contributed by atoms with Crippen LogP contribution in [-0.4, -0.2) is 25.3 Å². The zero-order chi connectivity index (χ0) is 22.7. The fourth-order valence-corrected chi connectivity index (χ4v) is 3.62. The third-order valence-corrected chi connectivity index (χ3v) is 5.38. The van der Waals surface area contributed by atoms with E-state index in [0.717, 1.165) is 12.8 Å². The SMILES string of the molecule is Cn1c(=O)[nH]c(=O)c2c1nc(N/N=C/c1c(F)cccc1Cl)n2CCCc1ccccc1. The fraction of sp³-hybridized carbons (Fsp3) is 0.182. The lowest BCUT2D eigenvalue weighted by Gasteiger charge is -2.08. The number of H-pyrrole nitrogens is 1. The molecule has 164 valence electrons. The maximum atomic E-state index is 14.0. The topological polar surface area (TPSA) is 97.1 Å². The number of imidazole rings is 1. The monoisotopic (exact) mass is 454 g/mol. The summed E-state index contributed by atoms with van der Waals surface area (Å²) in [7, 11) is 1.52. The minimum atomic E-state index is -0.565. The molecule has 4 rings (SSSR count). The molecule has 0 saturated heterocycles. The number of nitrogens with one attached hydrogen (secondary N) is 2. The minimum Gasteiger partial charge on any atom is -0.303 e. The van der Waals surface area contributed by atoms with Gasteiger partial charge in [-0.3, -0.25) is 14.3 Å². The van der Waals surface area contributed by atoms with E-state index in [0.29, 0.717) is 6.54 Å². The van der Waals surface area contributed by atoms with Crippen molar-refractivity contribution in [1.29, 1.82) is 0 Å². The van der Waals surface area contributed by atoms with E-state index in [1.54, 1.807) is 10.6 Å². The summed E-state index contributed by atoms with van der Waals surface area (Å²) in [6, 6.07) is 14.3. The number of benzene rings is 2. The molecule has 0 amide bonds. The van der Waals surface area contributed by atoms with Crippen molar-refractivity contribution in [2.75, 3.05) is 5.43 Å². The molecular weight excluding hydrogens is 435 g/mol. The molecule has 0 radical (unpaired) electrons. The summed E-state index contributed by atoms with van der Waals surface area (Å²) in [6.07, 6.45) is 2.75. The number of halogens is 2. The average Bonchev–Trinajstić information content (AvgIpc) is 3.14. The first kappa shape index (κ1) is 21.5. The molecule has 32 heavy (non-hydrogen) atoms. The Bertz CT molecular complexity index is 1390. The van der Waals surface area contributed by atoms with Crippen molar-refractivity contribution in [2.45, 2.75) is 19.4 Å². The van der Waals surface area contributed by atoms with Gasteiger partial charge in [0.1, 0.15) is 5.82 Å². The van der Waals surface area contributed by atoms with E-state index < -0.39 is 17.1 Å². The van der Waals surface area contributed by atoms with Crippen LogP contribution in [0.5, 0.6) is 0 Å². The zero-order valence-electron chi connectivity index (χ0n) is 17.2. The Labute approximate surface area is 187 Å². The molecule has 0 unspecified atom stereocenters. The van der Waals surface area contributed by atoms with E-state index in [9.17, 15) is 14.0 Å². The van der Waals surface area contributed by atoms with Crippen LogP contribution in [0.15, 0.2) is 63.2 Å². The van der Waals surface area contributed by atoms with E-state index in [1.165, 1.54) is 35.5 Å². The van der Waals surface area contributed by atoms with E-state index in [1.807, 2.05) is 30.3 Å². The third kappa shape index (κ3) is 4.33. The number of fused-ring (bicyclic) bond motifs is 1. The molecule has 0 bridgehead atoms. The number of aromatic nitrogens is 4. The number of aryl methyl sites for hydroxylation is 3. The van der Waals surface area contributed by atoms with Crippen molar-refractivity contribution in [3.63, 3.8) is 0 Å². The molecule has 2 N–H and O–H groups in total. The highest BCUT2D eigenvalue weighted by atomic mass is 35.5. The minimum absolute atomic E-state index is 0.124. The number of nitrogens with zero attached hydrogens (tertiary/aromatic N) is 4. The number of hydrogen-bond donors (Lipinski definition) is 2. The predicted octanol–water partition coefficient (Wildman–Crippen LogP) is 3.29. The molecule has 8 nitrogen and oxygen atoms in total. The van der Waals surface area contributed by atoms with Gasteiger partial charge in [0.2, 0.25) is 5.95 Å². The van der Waals surface area contributed by atoms with Gasteiger partial charge in [0, 0.05) is 19.2 Å². The largest absolute Gasteiger partial charge is 0.329 e. The zero-order valence-corrected chi connectivity index (χ0v) is 17.9. The Morgan fingerprint density at radius 1 is 1.19 bits per heavy atom. The summed E-state index contributed by atoms with van der Waals surface area (Å²) in [5.74, 6) is -0.262. The first-order valence-corrected chi connectivity index (χ1v) is 10.3. The number of hydrogen-bond acceptors (Lipinski definition) is 5. The van der Waals surface area contributed by atoms with E-state index >= 15 is 0 Å². The summed E-state index contributed by atoms with van der Waals surface area (Å²) in [5, 5.41) is 4.27. The highest BCUT2D eigenvalue weighted by Gasteiger charge is 2.17. The third-order valence-electron chi connectivity index (χ3n) is 5.05. The molecule has 10 heteroatoms. The summed E-state index contributed by atoms with van der Waals surface area (Å²) < 4.78 is 16.9. The smallest absolute Gasteiger partial charge is 0.303 e. The van der Waals surface area contributed by atoms with Gasteiger partial charge < -0.3 is 4.57 Å². The number of aromatic amines is 1. The van der Waals surface area contributed by atoms with Gasteiger partial charge in [0.25, 0.3) is 5.56 Å². The first-order chi connectivity index (χ1) is 15.5. The van der Waals surface area contributed by atoms with E-state index in [2.05, 4.69) is 20.5 Å². The molecule has 0 saturated carbocycles. The van der Waals surface area contributed by atoms with Gasteiger partial charge in [0.15, 0.2) is 11.2 Å². The van der Waals surface area contributed by atoms with Gasteiger partial charge in [-0.2, -0.15) is 10.1 Å². The maximum absolute atomic E-state index is 14.0. The molecule has 0 aliphatic rings. The summed E-state index contributed by atoms with van der Waals surface area (Å²) in [5.41, 5.74) is 3.42. The number of hydrazone groups is 1. The quantitative estimate of drug-likeness (QED) is 0.331. The van der Waals surface area contributed by atoms with Crippen LogP contribution in [0.2, 0.25) is 5.02 Å². The molecule has 4 aromatic rings. The molecule has 2 aromatic carbocycles. The Balaban J connectivity index is 1.67. The molecule has 0 spiro atoms. The molecule has 2 heterocycles. The maximum Gasteiger partial charge on any atom is 0.329 e. The Morgan fingerprint density at radius 3 is 2.72 bits per heavy atom. The molecule has 0 fully saturated rings. The Hall–Kier alpha value is -3.72. The van der Waals surface area contributed by atoms with Gasteiger partial charge in [-0.1, -0.05) is 48.0 Å². The molecule has 2 aromatic heterocycles. The van der Waals surface area contributed by atoms with Crippen LogP contribution in [0.25, 0.3) is 11.2 Å². The highest BCUT2D eigenvalue weighted by molar-refractivity contribution is 6.33. The van der Waals surface area contributed by atoms with Crippen molar-refractivity contribution < 1.29 is 4.39 Å². The lowest BCUT2D eigenvalue weighted by Crippen LogP contribution is -2.29. The van der Waals surface area contributed by atoms with Crippen LogP contribution in [-0.2, 0) is 20.0 Å². The second-order valence-electron chi connectivity index (χ2n) is 7.17. The van der Waals surface area contributed by atoms with Crippen LogP contribution in [0.4, 0.5) is 10.3 Å². The summed E-state index contributed by atoms with van der Waals surface area (Å²) >= 11 is 6.03. The van der Waals surface area contributed by atoms with Crippen LogP contribution in [0.3, 0.4) is 0 Å². The van der Waals surface area contributed by atoms with Crippen LogP contribution < -0.4 is 16.7 Å². The lowest BCUT2D eigenvalue weighted by atomic mass is 10.1. The predicted molar refractivity (Wildman–Crippen MR) is 123 cm³/mol. The van der Waals surface area contributed by atoms with Crippen molar-refractivity contribution in [3.05, 3.63) is 91.3 Å². The van der Waals surface area contributed by atoms with Gasteiger partial charge >= 0.3 is 5.69 Å². The van der Waals surface area contributed by atoms with E-state index in [4.69, 9.17) is 11.6 Å². The average molecular weight is 455 g/mol. The second-order valence-corrected chi connectivity index (χ2v) is 7.58. The summed E-state index contributed by atoms with van der Waals surface area (Å²) in [4.78, 5) is 31.2. The van der Waals surface area contributed by atoms with Gasteiger partial charge in [-0.15, -0.1) is 0 Å². The van der Waals surface area contributed by atoms with Crippen LogP contribution in [0.1, 0.15) is 17.5 Å². The Morgan fingerprint density at radius 2 is 1.97 bits per heavy atom. The summed E-state index contributed by atoms with van der Waals surface area (Å²) in [6.45, 7) is 0.449. The van der Waals surface area contributed by atoms with Gasteiger partial charge in [-0.25, -0.2) is 14.6 Å². The first-order valence-electron chi connectivity index (χ1n) is 9.92. The molecule has 0 aliphatic carbocycles. The molecule has 0 aliphatic heterocycles. The molecular formula is C22H20ClFN6O2. The van der Waals surface area contributed by atoms with Crippen molar-refractivity contribution >= 4 is 34.9 Å². The number of anilines is 1. The normalized spacial score (nSPS) is 11.5. The lowest BCUT2D eigenvalue weighted by molar-refractivity contribution is 0.626. The highest BCUT2D eigenvalue weighted by Crippen LogP contribution is 2.19. The van der Waals surface area contributed by atoms with Crippen LogP contribution >= 0.6 is 11.6 Å². The van der Waals surface area contributed by atoms with E-state index in [-0.39, 0.29) is 27.7 Å². The van der Waals surface area contributed by atoms with Gasteiger partial charge in [-0.05, 0) is 30.5 Å². The second kappa shape index (κ2) is 9.19.